The first-order chi connectivity index (χ1) is 9.20. The Bertz CT molecular complexity index is 321. The predicted octanol–water partition coefficient (Wildman–Crippen LogP) is -2.07. The van der Waals surface area contributed by atoms with Crippen LogP contribution in [0.15, 0.2) is 0 Å². The first kappa shape index (κ1) is 21.6. The van der Waals surface area contributed by atoms with Crippen molar-refractivity contribution < 1.29 is 56.4 Å². The molecule has 0 amide bonds. The van der Waals surface area contributed by atoms with E-state index in [9.17, 15) is 19.2 Å². The summed E-state index contributed by atoms with van der Waals surface area (Å²) in [5.74, 6) is -4.91. The van der Waals surface area contributed by atoms with Crippen molar-refractivity contribution in [3.63, 3.8) is 0 Å². The number of rotatable bonds is 11. The van der Waals surface area contributed by atoms with Gasteiger partial charge in [-0.2, -0.15) is 0 Å². The van der Waals surface area contributed by atoms with Crippen LogP contribution >= 0.6 is 0 Å². The second kappa shape index (κ2) is 11.0. The first-order valence-corrected chi connectivity index (χ1v) is 5.52. The van der Waals surface area contributed by atoms with E-state index in [0.717, 1.165) is 9.80 Å². The molecule has 10 nitrogen and oxygen atoms in total. The van der Waals surface area contributed by atoms with Crippen LogP contribution in [0.5, 0.6) is 0 Å². The Morgan fingerprint density at radius 1 is 0.571 bits per heavy atom. The number of aliphatic carboxylic acids is 4. The number of carboxylic acids is 4. The summed E-state index contributed by atoms with van der Waals surface area (Å²) in [5, 5.41) is 34.5. The second-order valence-electron chi connectivity index (χ2n) is 4.00. The predicted molar refractivity (Wildman–Crippen MR) is 63.4 cm³/mol. The van der Waals surface area contributed by atoms with Crippen LogP contribution in [0.3, 0.4) is 0 Å². The molecule has 0 saturated heterocycles. The van der Waals surface area contributed by atoms with E-state index in [1.54, 1.807) is 0 Å². The van der Waals surface area contributed by atoms with Crippen LogP contribution in [0.25, 0.3) is 0 Å². The van der Waals surface area contributed by atoms with E-state index in [2.05, 4.69) is 0 Å². The molecule has 123 valence electrons. The van der Waals surface area contributed by atoms with Crippen LogP contribution in [-0.4, -0.2) is 93.4 Å². The third kappa shape index (κ3) is 13.1. The maximum absolute atomic E-state index is 10.6. The second-order valence-corrected chi connectivity index (χ2v) is 4.00. The molecule has 0 aromatic carbocycles. The summed E-state index contributed by atoms with van der Waals surface area (Å²) < 4.78 is 0. The largest absolute Gasteiger partial charge is 0.480 e. The molecule has 0 aliphatic rings. The Balaban J connectivity index is 0. The molecule has 0 aliphatic carbocycles. The van der Waals surface area contributed by atoms with Gasteiger partial charge in [-0.05, 0) is 0 Å². The van der Waals surface area contributed by atoms with E-state index >= 15 is 0 Å². The molecule has 1 radical (unpaired) electrons. The molecule has 21 heavy (non-hydrogen) atoms. The summed E-state index contributed by atoms with van der Waals surface area (Å²) >= 11 is 0. The van der Waals surface area contributed by atoms with Crippen molar-refractivity contribution in [1.82, 2.24) is 9.80 Å². The van der Waals surface area contributed by atoms with Crippen molar-refractivity contribution in [2.75, 3.05) is 39.3 Å². The fourth-order valence-electron chi connectivity index (χ4n) is 1.48. The van der Waals surface area contributed by atoms with Gasteiger partial charge >= 0.3 is 23.9 Å². The minimum atomic E-state index is -1.23. The van der Waals surface area contributed by atoms with E-state index in [1.807, 2.05) is 0 Å². The maximum Gasteiger partial charge on any atom is 0.317 e. The average molecular weight is 351 g/mol. The zero-order chi connectivity index (χ0) is 15.7. The van der Waals surface area contributed by atoms with Gasteiger partial charge in [0.05, 0.1) is 26.2 Å². The van der Waals surface area contributed by atoms with E-state index in [4.69, 9.17) is 20.4 Å². The van der Waals surface area contributed by atoms with Crippen molar-refractivity contribution in [2.24, 2.45) is 0 Å². The molecule has 0 bridgehead atoms. The SMILES string of the molecule is O=C(O)CN(CCN(CC(=O)O)CC(=O)O)CC(=O)O.[Co]. The summed E-state index contributed by atoms with van der Waals surface area (Å²) in [6, 6.07) is 0. The molecule has 11 heteroatoms. The number of nitrogens with zero attached hydrogens (tertiary/aromatic N) is 2. The molecule has 0 aliphatic heterocycles. The van der Waals surface area contributed by atoms with Gasteiger partial charge in [0, 0.05) is 29.9 Å². The standard InChI is InChI=1S/C10H16N2O8.Co/c13-7(14)3-11(4-8(15)16)1-2-12(5-9(17)18)6-10(19)20;/h1-6H2,(H,13,14)(H,15,16)(H,17,18)(H,19,20);. The Morgan fingerprint density at radius 2 is 0.762 bits per heavy atom. The van der Waals surface area contributed by atoms with Gasteiger partial charge in [0.15, 0.2) is 0 Å². The van der Waals surface area contributed by atoms with Gasteiger partial charge in [-0.25, -0.2) is 0 Å². The van der Waals surface area contributed by atoms with Gasteiger partial charge in [0.25, 0.3) is 0 Å². The van der Waals surface area contributed by atoms with Crippen LogP contribution in [0, 0.1) is 0 Å². The van der Waals surface area contributed by atoms with E-state index in [1.165, 1.54) is 0 Å². The van der Waals surface area contributed by atoms with Crippen molar-refractivity contribution in [3.8, 4) is 0 Å². The monoisotopic (exact) mass is 351 g/mol. The summed E-state index contributed by atoms with van der Waals surface area (Å²) in [6.45, 7) is -2.25. The molecule has 0 aromatic rings. The number of hydrogen-bond donors (Lipinski definition) is 4. The van der Waals surface area contributed by atoms with Crippen molar-refractivity contribution in [1.29, 1.82) is 0 Å². The Hall–Kier alpha value is -1.69. The van der Waals surface area contributed by atoms with Crippen molar-refractivity contribution >= 4 is 23.9 Å². The molecule has 0 atom stereocenters. The molecule has 0 heterocycles. The van der Waals surface area contributed by atoms with Gasteiger partial charge < -0.3 is 20.4 Å². The Morgan fingerprint density at radius 3 is 0.905 bits per heavy atom. The molecule has 0 aromatic heterocycles. The van der Waals surface area contributed by atoms with Crippen LogP contribution < -0.4 is 0 Å². The van der Waals surface area contributed by atoms with E-state index in [0.29, 0.717) is 0 Å². The van der Waals surface area contributed by atoms with E-state index < -0.39 is 50.1 Å². The smallest absolute Gasteiger partial charge is 0.317 e. The van der Waals surface area contributed by atoms with Crippen LogP contribution in [0.1, 0.15) is 0 Å². The van der Waals surface area contributed by atoms with Crippen molar-refractivity contribution in [3.05, 3.63) is 0 Å². The van der Waals surface area contributed by atoms with Gasteiger partial charge in [-0.3, -0.25) is 29.0 Å². The molecule has 0 fully saturated rings. The van der Waals surface area contributed by atoms with Crippen LogP contribution in [0.4, 0.5) is 0 Å². The zero-order valence-corrected chi connectivity index (χ0v) is 11.9. The fourth-order valence-corrected chi connectivity index (χ4v) is 1.48. The van der Waals surface area contributed by atoms with Gasteiger partial charge in [0.2, 0.25) is 0 Å². The Kier molecular flexibility index (Phi) is 11.3. The summed E-state index contributed by atoms with van der Waals surface area (Å²) in [7, 11) is 0. The van der Waals surface area contributed by atoms with Crippen molar-refractivity contribution in [2.45, 2.75) is 0 Å². The summed E-state index contributed by atoms with van der Waals surface area (Å²) in [6.07, 6.45) is 0. The molecule has 0 spiro atoms. The third-order valence-corrected chi connectivity index (χ3v) is 2.17. The quantitative estimate of drug-likeness (QED) is 0.326. The normalized spacial score (nSPS) is 10.2. The number of carbonyl (C=O) groups is 4. The number of carboxylic acid groups (broad SMARTS) is 4. The van der Waals surface area contributed by atoms with Gasteiger partial charge in [0.1, 0.15) is 0 Å². The van der Waals surface area contributed by atoms with E-state index in [-0.39, 0.29) is 29.9 Å². The zero-order valence-electron chi connectivity index (χ0n) is 10.9. The molecular weight excluding hydrogens is 335 g/mol. The first-order valence-electron chi connectivity index (χ1n) is 5.52. The third-order valence-electron chi connectivity index (χ3n) is 2.17. The molecule has 4 N–H and O–H groups in total. The topological polar surface area (TPSA) is 156 Å². The maximum atomic E-state index is 10.6. The van der Waals surface area contributed by atoms with Gasteiger partial charge in [-0.1, -0.05) is 0 Å². The number of hydrogen-bond acceptors (Lipinski definition) is 6. The molecule has 0 saturated carbocycles. The molecule has 0 rings (SSSR count). The van der Waals surface area contributed by atoms with Gasteiger partial charge in [-0.15, -0.1) is 0 Å². The molecule has 0 unspecified atom stereocenters. The Labute approximate surface area is 130 Å². The van der Waals surface area contributed by atoms with Crippen LogP contribution in [-0.2, 0) is 36.0 Å². The minimum Gasteiger partial charge on any atom is -0.480 e. The summed E-state index contributed by atoms with van der Waals surface area (Å²) in [4.78, 5) is 44.4. The summed E-state index contributed by atoms with van der Waals surface area (Å²) in [5.41, 5.74) is 0. The molecular formula is C10H16CoN2O8. The van der Waals surface area contributed by atoms with Crippen LogP contribution in [0.2, 0.25) is 0 Å². The minimum absolute atomic E-state index is 0. The average Bonchev–Trinajstić information content (AvgIpc) is 2.22. The fraction of sp³-hybridized carbons (Fsp3) is 0.600.